The SMILES string of the molecule is O=C(O)CCC1CCN(C(=O)N2CCCC2)C1. The lowest BCUT2D eigenvalue weighted by atomic mass is 10.0. The first kappa shape index (κ1) is 12.2. The van der Waals surface area contributed by atoms with Crippen LogP contribution in [0.1, 0.15) is 32.1 Å². The molecule has 1 unspecified atom stereocenters. The highest BCUT2D eigenvalue weighted by molar-refractivity contribution is 5.75. The molecule has 5 nitrogen and oxygen atoms in total. The molecule has 0 aromatic heterocycles. The minimum Gasteiger partial charge on any atom is -0.481 e. The first-order valence-corrected chi connectivity index (χ1v) is 6.42. The van der Waals surface area contributed by atoms with Gasteiger partial charge in [-0.1, -0.05) is 0 Å². The van der Waals surface area contributed by atoms with Crippen LogP contribution in [0, 0.1) is 5.92 Å². The number of carbonyl (C=O) groups is 2. The van der Waals surface area contributed by atoms with Gasteiger partial charge < -0.3 is 14.9 Å². The Morgan fingerprint density at radius 2 is 1.82 bits per heavy atom. The fourth-order valence-corrected chi connectivity index (χ4v) is 2.68. The highest BCUT2D eigenvalue weighted by atomic mass is 16.4. The van der Waals surface area contributed by atoms with E-state index in [-0.39, 0.29) is 12.5 Å². The van der Waals surface area contributed by atoms with E-state index < -0.39 is 5.97 Å². The molecule has 2 aliphatic rings. The van der Waals surface area contributed by atoms with E-state index in [1.165, 1.54) is 0 Å². The van der Waals surface area contributed by atoms with Crippen molar-refractivity contribution in [2.75, 3.05) is 26.2 Å². The number of urea groups is 1. The summed E-state index contributed by atoms with van der Waals surface area (Å²) in [5.74, 6) is -0.369. The number of aliphatic carboxylic acids is 1. The maximum atomic E-state index is 12.1. The van der Waals surface area contributed by atoms with Crippen LogP contribution < -0.4 is 0 Å². The Kier molecular flexibility index (Phi) is 3.86. The van der Waals surface area contributed by atoms with Crippen molar-refractivity contribution in [3.63, 3.8) is 0 Å². The predicted molar refractivity (Wildman–Crippen MR) is 62.8 cm³/mol. The van der Waals surface area contributed by atoms with Crippen molar-refractivity contribution in [3.8, 4) is 0 Å². The minimum atomic E-state index is -0.741. The van der Waals surface area contributed by atoms with Gasteiger partial charge in [-0.15, -0.1) is 0 Å². The van der Waals surface area contributed by atoms with E-state index in [4.69, 9.17) is 5.11 Å². The van der Waals surface area contributed by atoms with Gasteiger partial charge in [0.25, 0.3) is 0 Å². The molecule has 0 saturated carbocycles. The Balaban J connectivity index is 1.76. The second kappa shape index (κ2) is 5.38. The Labute approximate surface area is 101 Å². The van der Waals surface area contributed by atoms with Gasteiger partial charge in [0.05, 0.1) is 0 Å². The van der Waals surface area contributed by atoms with Crippen LogP contribution in [-0.2, 0) is 4.79 Å². The zero-order valence-corrected chi connectivity index (χ0v) is 10.1. The maximum Gasteiger partial charge on any atom is 0.320 e. The Morgan fingerprint density at radius 3 is 2.47 bits per heavy atom. The first-order chi connectivity index (χ1) is 8.16. The van der Waals surface area contributed by atoms with Crippen LogP contribution in [0.25, 0.3) is 0 Å². The largest absolute Gasteiger partial charge is 0.481 e. The summed E-state index contributed by atoms with van der Waals surface area (Å²) >= 11 is 0. The van der Waals surface area contributed by atoms with Crippen LogP contribution in [0.2, 0.25) is 0 Å². The molecule has 1 atom stereocenters. The van der Waals surface area contributed by atoms with E-state index in [0.717, 1.165) is 45.4 Å². The molecule has 96 valence electrons. The summed E-state index contributed by atoms with van der Waals surface area (Å²) in [6.45, 7) is 3.30. The Bertz CT molecular complexity index is 300. The molecular weight excluding hydrogens is 220 g/mol. The number of likely N-dealkylation sites (tertiary alicyclic amines) is 2. The number of carboxylic acid groups (broad SMARTS) is 1. The van der Waals surface area contributed by atoms with E-state index in [0.29, 0.717) is 12.3 Å². The molecule has 5 heteroatoms. The van der Waals surface area contributed by atoms with Crippen LogP contribution in [0.5, 0.6) is 0 Å². The maximum absolute atomic E-state index is 12.1. The highest BCUT2D eigenvalue weighted by Crippen LogP contribution is 2.23. The van der Waals surface area contributed by atoms with Crippen LogP contribution >= 0.6 is 0 Å². The van der Waals surface area contributed by atoms with Gasteiger partial charge in [-0.05, 0) is 31.6 Å². The molecule has 2 amide bonds. The third-order valence-corrected chi connectivity index (χ3v) is 3.70. The summed E-state index contributed by atoms with van der Waals surface area (Å²) < 4.78 is 0. The van der Waals surface area contributed by atoms with Crippen molar-refractivity contribution in [2.24, 2.45) is 5.92 Å². The summed E-state index contributed by atoms with van der Waals surface area (Å²) in [5.41, 5.74) is 0. The van der Waals surface area contributed by atoms with Gasteiger partial charge in [0.15, 0.2) is 0 Å². The van der Waals surface area contributed by atoms with Gasteiger partial charge in [0, 0.05) is 32.6 Å². The van der Waals surface area contributed by atoms with Crippen LogP contribution in [0.15, 0.2) is 0 Å². The molecule has 2 rings (SSSR count). The number of carbonyl (C=O) groups excluding carboxylic acids is 1. The monoisotopic (exact) mass is 240 g/mol. The molecule has 2 heterocycles. The van der Waals surface area contributed by atoms with Gasteiger partial charge in [-0.3, -0.25) is 4.79 Å². The molecule has 0 aliphatic carbocycles. The van der Waals surface area contributed by atoms with E-state index in [2.05, 4.69) is 0 Å². The zero-order chi connectivity index (χ0) is 12.3. The predicted octanol–water partition coefficient (Wildman–Crippen LogP) is 1.39. The van der Waals surface area contributed by atoms with E-state index >= 15 is 0 Å². The van der Waals surface area contributed by atoms with Gasteiger partial charge >= 0.3 is 12.0 Å². The van der Waals surface area contributed by atoms with Crippen molar-refractivity contribution < 1.29 is 14.7 Å². The molecule has 2 saturated heterocycles. The number of rotatable bonds is 3. The third-order valence-electron chi connectivity index (χ3n) is 3.70. The standard InChI is InChI=1S/C12H20N2O3/c15-11(16)4-3-10-5-8-14(9-10)12(17)13-6-1-2-7-13/h10H,1-9H2,(H,15,16). The first-order valence-electron chi connectivity index (χ1n) is 6.42. The molecule has 17 heavy (non-hydrogen) atoms. The van der Waals surface area contributed by atoms with Crippen molar-refractivity contribution in [1.29, 1.82) is 0 Å². The molecule has 0 aromatic carbocycles. The summed E-state index contributed by atoms with van der Waals surface area (Å²) in [4.78, 5) is 26.4. The van der Waals surface area contributed by atoms with Crippen molar-refractivity contribution in [2.45, 2.75) is 32.1 Å². The lowest BCUT2D eigenvalue weighted by molar-refractivity contribution is -0.137. The lowest BCUT2D eigenvalue weighted by Crippen LogP contribution is -2.40. The molecule has 0 radical (unpaired) electrons. The molecule has 1 N–H and O–H groups in total. The lowest BCUT2D eigenvalue weighted by Gasteiger charge is -2.23. The number of amides is 2. The average Bonchev–Trinajstić information content (AvgIpc) is 2.97. The molecule has 0 bridgehead atoms. The smallest absolute Gasteiger partial charge is 0.320 e. The van der Waals surface area contributed by atoms with Crippen LogP contribution in [-0.4, -0.2) is 53.1 Å². The van der Waals surface area contributed by atoms with Crippen LogP contribution in [0.3, 0.4) is 0 Å². The Hall–Kier alpha value is -1.26. The molecule has 0 aromatic rings. The third kappa shape index (κ3) is 3.11. The molecule has 2 fully saturated rings. The topological polar surface area (TPSA) is 60.9 Å². The second-order valence-corrected chi connectivity index (χ2v) is 5.01. The molecule has 2 aliphatic heterocycles. The van der Waals surface area contributed by atoms with Crippen molar-refractivity contribution >= 4 is 12.0 Å². The van der Waals surface area contributed by atoms with E-state index in [1.54, 1.807) is 0 Å². The summed E-state index contributed by atoms with van der Waals surface area (Å²) in [6.07, 6.45) is 4.09. The van der Waals surface area contributed by atoms with Gasteiger partial charge in [-0.25, -0.2) is 4.79 Å². The minimum absolute atomic E-state index is 0.153. The van der Waals surface area contributed by atoms with Gasteiger partial charge in [-0.2, -0.15) is 0 Å². The van der Waals surface area contributed by atoms with E-state index in [9.17, 15) is 9.59 Å². The number of hydrogen-bond donors (Lipinski definition) is 1. The highest BCUT2D eigenvalue weighted by Gasteiger charge is 2.30. The average molecular weight is 240 g/mol. The Morgan fingerprint density at radius 1 is 1.12 bits per heavy atom. The number of nitrogens with zero attached hydrogens (tertiary/aromatic N) is 2. The number of carboxylic acids is 1. The summed E-state index contributed by atoms with van der Waals surface area (Å²) in [5, 5.41) is 8.63. The second-order valence-electron chi connectivity index (χ2n) is 5.01. The zero-order valence-electron chi connectivity index (χ0n) is 10.1. The van der Waals surface area contributed by atoms with Crippen molar-refractivity contribution in [3.05, 3.63) is 0 Å². The fourth-order valence-electron chi connectivity index (χ4n) is 2.68. The fraction of sp³-hybridized carbons (Fsp3) is 0.833. The van der Waals surface area contributed by atoms with E-state index in [1.807, 2.05) is 9.80 Å². The summed E-state index contributed by atoms with van der Waals surface area (Å²) in [7, 11) is 0. The van der Waals surface area contributed by atoms with Gasteiger partial charge in [0.2, 0.25) is 0 Å². The van der Waals surface area contributed by atoms with Crippen LogP contribution in [0.4, 0.5) is 4.79 Å². The molecular formula is C12H20N2O3. The molecule has 0 spiro atoms. The van der Waals surface area contributed by atoms with Gasteiger partial charge in [0.1, 0.15) is 0 Å². The van der Waals surface area contributed by atoms with Crippen molar-refractivity contribution in [1.82, 2.24) is 9.80 Å². The number of hydrogen-bond acceptors (Lipinski definition) is 2. The summed E-state index contributed by atoms with van der Waals surface area (Å²) in [6, 6.07) is 0.153. The quantitative estimate of drug-likeness (QED) is 0.811. The normalized spacial score (nSPS) is 24.4.